The first kappa shape index (κ1) is 20.5. The lowest BCUT2D eigenvalue weighted by molar-refractivity contribution is -0.116. The van der Waals surface area contributed by atoms with E-state index in [1.165, 1.54) is 17.6 Å². The van der Waals surface area contributed by atoms with Crippen LogP contribution in [0.2, 0.25) is 0 Å². The van der Waals surface area contributed by atoms with Crippen LogP contribution in [0.25, 0.3) is 10.9 Å². The summed E-state index contributed by atoms with van der Waals surface area (Å²) in [5.74, 6) is -0.575. The topological polar surface area (TPSA) is 88.5 Å². The number of benzene rings is 2. The second-order valence-corrected chi connectivity index (χ2v) is 7.68. The number of amides is 2. The van der Waals surface area contributed by atoms with E-state index >= 15 is 0 Å². The van der Waals surface area contributed by atoms with Crippen molar-refractivity contribution < 1.29 is 14.4 Å². The summed E-state index contributed by atoms with van der Waals surface area (Å²) in [6.07, 6.45) is 1.93. The van der Waals surface area contributed by atoms with Gasteiger partial charge in [0.2, 0.25) is 5.91 Å². The number of carbonyl (C=O) groups excluding carboxylic acids is 3. The third-order valence-corrected chi connectivity index (χ3v) is 5.52. The van der Waals surface area contributed by atoms with Crippen LogP contribution < -0.4 is 10.9 Å². The molecule has 1 aromatic heterocycles. The van der Waals surface area contributed by atoms with Gasteiger partial charge >= 0.3 is 0 Å². The lowest BCUT2D eigenvalue weighted by Crippen LogP contribution is -2.32. The molecule has 0 spiro atoms. The molecular formula is C24H23N3O4. The monoisotopic (exact) mass is 417 g/mol. The average Bonchev–Trinajstić information content (AvgIpc) is 3.30. The van der Waals surface area contributed by atoms with E-state index in [1.54, 1.807) is 47.4 Å². The standard InChI is InChI=1S/C24H23N3O4/c1-16(28)17-8-10-18(11-9-17)25-22(29)15-27-21-7-3-2-6-19(21)20(14-23(27)30)24(31)26-12-4-5-13-26/h2-3,6-11,14H,4-5,12-13,15H2,1H3,(H,25,29). The van der Waals surface area contributed by atoms with Crippen molar-refractivity contribution >= 4 is 34.2 Å². The molecule has 1 N–H and O–H groups in total. The third-order valence-electron chi connectivity index (χ3n) is 5.52. The number of aromatic nitrogens is 1. The third kappa shape index (κ3) is 4.26. The number of hydrogen-bond acceptors (Lipinski definition) is 4. The van der Waals surface area contributed by atoms with Crippen molar-refractivity contribution in [3.63, 3.8) is 0 Å². The molecule has 0 radical (unpaired) electrons. The Labute approximate surface area is 179 Å². The van der Waals surface area contributed by atoms with E-state index in [2.05, 4.69) is 5.32 Å². The summed E-state index contributed by atoms with van der Waals surface area (Å²) in [4.78, 5) is 51.6. The van der Waals surface area contributed by atoms with Gasteiger partial charge in [-0.2, -0.15) is 0 Å². The second-order valence-electron chi connectivity index (χ2n) is 7.68. The summed E-state index contributed by atoms with van der Waals surface area (Å²) in [6, 6.07) is 15.0. The molecule has 2 aromatic carbocycles. The largest absolute Gasteiger partial charge is 0.339 e. The maximum absolute atomic E-state index is 12.9. The van der Waals surface area contributed by atoms with Gasteiger partial charge in [-0.05, 0) is 50.1 Å². The number of likely N-dealkylation sites (tertiary alicyclic amines) is 1. The molecule has 31 heavy (non-hydrogen) atoms. The van der Waals surface area contributed by atoms with Gasteiger partial charge in [0.05, 0.1) is 11.1 Å². The smallest absolute Gasteiger partial charge is 0.254 e. The van der Waals surface area contributed by atoms with Gasteiger partial charge in [-0.1, -0.05) is 18.2 Å². The predicted molar refractivity (Wildman–Crippen MR) is 118 cm³/mol. The first-order chi connectivity index (χ1) is 14.9. The molecule has 2 heterocycles. The lowest BCUT2D eigenvalue weighted by Gasteiger charge is -2.18. The number of anilines is 1. The summed E-state index contributed by atoms with van der Waals surface area (Å²) < 4.78 is 1.37. The number of fused-ring (bicyclic) bond motifs is 1. The van der Waals surface area contributed by atoms with Crippen LogP contribution in [0.4, 0.5) is 5.69 Å². The molecule has 4 rings (SSSR count). The molecule has 0 saturated carbocycles. The minimum absolute atomic E-state index is 0.0561. The van der Waals surface area contributed by atoms with Gasteiger partial charge in [0.25, 0.3) is 11.5 Å². The van der Waals surface area contributed by atoms with Gasteiger partial charge in [0, 0.05) is 35.8 Å². The highest BCUT2D eigenvalue weighted by molar-refractivity contribution is 6.06. The Morgan fingerprint density at radius 2 is 1.65 bits per heavy atom. The number of carbonyl (C=O) groups is 3. The molecule has 0 atom stereocenters. The van der Waals surface area contributed by atoms with E-state index in [0.717, 1.165) is 12.8 Å². The van der Waals surface area contributed by atoms with Gasteiger partial charge in [0.1, 0.15) is 6.54 Å². The van der Waals surface area contributed by atoms with Crippen LogP contribution in [0.1, 0.15) is 40.5 Å². The lowest BCUT2D eigenvalue weighted by atomic mass is 10.1. The highest BCUT2D eigenvalue weighted by Gasteiger charge is 2.23. The van der Waals surface area contributed by atoms with E-state index in [-0.39, 0.29) is 24.1 Å². The molecule has 1 fully saturated rings. The van der Waals surface area contributed by atoms with E-state index in [0.29, 0.717) is 40.8 Å². The first-order valence-electron chi connectivity index (χ1n) is 10.3. The van der Waals surface area contributed by atoms with Crippen molar-refractivity contribution in [2.24, 2.45) is 0 Å². The van der Waals surface area contributed by atoms with Crippen molar-refractivity contribution in [2.75, 3.05) is 18.4 Å². The number of nitrogens with one attached hydrogen (secondary N) is 1. The van der Waals surface area contributed by atoms with Crippen LogP contribution in [0, 0.1) is 0 Å². The molecule has 0 bridgehead atoms. The first-order valence-corrected chi connectivity index (χ1v) is 10.3. The highest BCUT2D eigenvalue weighted by atomic mass is 16.2. The van der Waals surface area contributed by atoms with Crippen LogP contribution in [0.3, 0.4) is 0 Å². The van der Waals surface area contributed by atoms with Crippen LogP contribution >= 0.6 is 0 Å². The van der Waals surface area contributed by atoms with Gasteiger partial charge in [-0.25, -0.2) is 0 Å². The van der Waals surface area contributed by atoms with E-state index in [9.17, 15) is 19.2 Å². The van der Waals surface area contributed by atoms with Gasteiger partial charge < -0.3 is 10.2 Å². The molecule has 7 nitrogen and oxygen atoms in total. The molecule has 1 aliphatic heterocycles. The van der Waals surface area contributed by atoms with E-state index in [1.807, 2.05) is 6.07 Å². The Bertz CT molecular complexity index is 1220. The Morgan fingerprint density at radius 1 is 0.968 bits per heavy atom. The molecule has 158 valence electrons. The zero-order chi connectivity index (χ0) is 22.0. The van der Waals surface area contributed by atoms with Crippen molar-refractivity contribution in [2.45, 2.75) is 26.3 Å². The molecule has 7 heteroatoms. The Balaban J connectivity index is 1.62. The summed E-state index contributed by atoms with van der Waals surface area (Å²) in [7, 11) is 0. The van der Waals surface area contributed by atoms with Crippen LogP contribution in [0.5, 0.6) is 0 Å². The van der Waals surface area contributed by atoms with Crippen LogP contribution in [0.15, 0.2) is 59.4 Å². The summed E-state index contributed by atoms with van der Waals surface area (Å²) >= 11 is 0. The molecule has 0 aliphatic carbocycles. The number of nitrogens with zero attached hydrogens (tertiary/aromatic N) is 2. The van der Waals surface area contributed by atoms with Crippen LogP contribution in [-0.4, -0.2) is 40.2 Å². The normalized spacial score (nSPS) is 13.4. The predicted octanol–water partition coefficient (Wildman–Crippen LogP) is 3.08. The SMILES string of the molecule is CC(=O)c1ccc(NC(=O)Cn2c(=O)cc(C(=O)N3CCCC3)c3ccccc32)cc1. The fourth-order valence-corrected chi connectivity index (χ4v) is 3.90. The number of hydrogen-bond donors (Lipinski definition) is 1. The second kappa shape index (κ2) is 8.55. The van der Waals surface area contributed by atoms with Crippen molar-refractivity contribution in [3.8, 4) is 0 Å². The van der Waals surface area contributed by atoms with Gasteiger partial charge in [-0.15, -0.1) is 0 Å². The fourth-order valence-electron chi connectivity index (χ4n) is 3.90. The van der Waals surface area contributed by atoms with Crippen molar-refractivity contribution in [1.29, 1.82) is 0 Å². The van der Waals surface area contributed by atoms with Crippen LogP contribution in [-0.2, 0) is 11.3 Å². The van der Waals surface area contributed by atoms with Gasteiger partial charge in [-0.3, -0.25) is 23.7 Å². The Morgan fingerprint density at radius 3 is 2.32 bits per heavy atom. The minimum Gasteiger partial charge on any atom is -0.339 e. The fraction of sp³-hybridized carbons (Fsp3) is 0.250. The van der Waals surface area contributed by atoms with Gasteiger partial charge in [0.15, 0.2) is 5.78 Å². The molecule has 1 saturated heterocycles. The summed E-state index contributed by atoms with van der Waals surface area (Å²) in [6.45, 7) is 2.68. The number of para-hydroxylation sites is 1. The molecule has 1 aliphatic rings. The maximum atomic E-state index is 12.9. The minimum atomic E-state index is -0.400. The molecular weight excluding hydrogens is 394 g/mol. The average molecular weight is 417 g/mol. The zero-order valence-electron chi connectivity index (χ0n) is 17.3. The summed E-state index contributed by atoms with van der Waals surface area (Å²) in [5.41, 5.74) is 1.61. The Hall–Kier alpha value is -3.74. The molecule has 2 amide bonds. The van der Waals surface area contributed by atoms with Crippen molar-refractivity contribution in [1.82, 2.24) is 9.47 Å². The quantitative estimate of drug-likeness (QED) is 0.646. The molecule has 3 aromatic rings. The summed E-state index contributed by atoms with van der Waals surface area (Å²) in [5, 5.41) is 3.40. The van der Waals surface area contributed by atoms with Crippen molar-refractivity contribution in [3.05, 3.63) is 76.1 Å². The zero-order valence-corrected chi connectivity index (χ0v) is 17.3. The maximum Gasteiger partial charge on any atom is 0.254 e. The molecule has 0 unspecified atom stereocenters. The number of ketones is 1. The highest BCUT2D eigenvalue weighted by Crippen LogP contribution is 2.21. The van der Waals surface area contributed by atoms with E-state index in [4.69, 9.17) is 0 Å². The number of rotatable bonds is 5. The Kier molecular flexibility index (Phi) is 5.66. The number of pyridine rings is 1. The van der Waals surface area contributed by atoms with E-state index < -0.39 is 5.56 Å². The number of Topliss-reactive ketones (excluding diaryl/α,β-unsaturated/α-hetero) is 1.